The first-order valence-electron chi connectivity index (χ1n) is 8.84. The van der Waals surface area contributed by atoms with Gasteiger partial charge < -0.3 is 10.0 Å². The molecule has 0 bridgehead atoms. The predicted molar refractivity (Wildman–Crippen MR) is 98.4 cm³/mol. The van der Waals surface area contributed by atoms with Crippen LogP contribution in [0, 0.1) is 0 Å². The molecular weight excluding hydrogens is 344 g/mol. The van der Waals surface area contributed by atoms with Crippen LogP contribution in [0.1, 0.15) is 16.2 Å². The van der Waals surface area contributed by atoms with Crippen LogP contribution < -0.4 is 0 Å². The topological polar surface area (TPSA) is 87.4 Å². The van der Waals surface area contributed by atoms with Crippen molar-refractivity contribution >= 4 is 5.91 Å². The minimum absolute atomic E-state index is 0.0203. The Kier molecular flexibility index (Phi) is 4.80. The van der Waals surface area contributed by atoms with Crippen molar-refractivity contribution in [1.29, 1.82) is 0 Å². The summed E-state index contributed by atoms with van der Waals surface area (Å²) in [4.78, 5) is 16.6. The molecule has 0 spiro atoms. The normalized spacial score (nSPS) is 15.0. The van der Waals surface area contributed by atoms with Crippen molar-refractivity contribution in [3.8, 4) is 11.4 Å². The number of hydrogen-bond donors (Lipinski definition) is 1. The molecule has 0 atom stereocenters. The van der Waals surface area contributed by atoms with Gasteiger partial charge in [-0.2, -0.15) is 4.68 Å². The lowest BCUT2D eigenvalue weighted by atomic mass is 10.1. The van der Waals surface area contributed by atoms with Gasteiger partial charge in [0, 0.05) is 26.2 Å². The fraction of sp³-hybridized carbons (Fsp3) is 0.263. The van der Waals surface area contributed by atoms with Gasteiger partial charge in [0.2, 0.25) is 0 Å². The van der Waals surface area contributed by atoms with Gasteiger partial charge in [-0.25, -0.2) is 0 Å². The van der Waals surface area contributed by atoms with Crippen LogP contribution in [0.25, 0.3) is 5.69 Å². The SMILES string of the molecule is O=C(c1ccccc1O)N1CCN(Cc2nnnn2-c2ccccc2)CC1. The molecule has 4 rings (SSSR count). The minimum Gasteiger partial charge on any atom is -0.507 e. The van der Waals surface area contributed by atoms with Crippen molar-refractivity contribution < 1.29 is 9.90 Å². The molecular formula is C19H20N6O2. The molecule has 1 aliphatic rings. The Bertz CT molecular complexity index is 919. The third kappa shape index (κ3) is 3.65. The summed E-state index contributed by atoms with van der Waals surface area (Å²) in [5.41, 5.74) is 1.27. The molecule has 0 radical (unpaired) electrons. The van der Waals surface area contributed by atoms with Gasteiger partial charge in [0.15, 0.2) is 5.82 Å². The van der Waals surface area contributed by atoms with E-state index in [4.69, 9.17) is 0 Å². The van der Waals surface area contributed by atoms with Crippen molar-refractivity contribution in [3.63, 3.8) is 0 Å². The molecule has 8 nitrogen and oxygen atoms in total. The number of amides is 1. The largest absolute Gasteiger partial charge is 0.507 e. The first-order chi connectivity index (χ1) is 13.2. The standard InChI is InChI=1S/C19H20N6O2/c26-17-9-5-4-8-16(17)19(27)24-12-10-23(11-13-24)14-18-20-21-22-25(18)15-6-2-1-3-7-15/h1-9,26H,10-14H2. The average Bonchev–Trinajstić information content (AvgIpc) is 3.17. The Morgan fingerprint density at radius 3 is 2.41 bits per heavy atom. The Morgan fingerprint density at radius 1 is 0.963 bits per heavy atom. The van der Waals surface area contributed by atoms with E-state index in [2.05, 4.69) is 20.4 Å². The summed E-state index contributed by atoms with van der Waals surface area (Å²) >= 11 is 0. The summed E-state index contributed by atoms with van der Waals surface area (Å²) in [5.74, 6) is 0.649. The summed E-state index contributed by atoms with van der Waals surface area (Å²) in [6.45, 7) is 3.25. The molecule has 1 aromatic heterocycles. The van der Waals surface area contributed by atoms with Crippen LogP contribution in [-0.2, 0) is 6.54 Å². The molecule has 2 aromatic carbocycles. The number of carbonyl (C=O) groups excluding carboxylic acids is 1. The molecule has 138 valence electrons. The number of para-hydroxylation sites is 2. The molecule has 1 saturated heterocycles. The fourth-order valence-electron chi connectivity index (χ4n) is 3.21. The van der Waals surface area contributed by atoms with E-state index < -0.39 is 0 Å². The maximum absolute atomic E-state index is 12.6. The van der Waals surface area contributed by atoms with Gasteiger partial charge in [-0.05, 0) is 34.7 Å². The number of aromatic hydroxyl groups is 1. The predicted octanol–water partition coefficient (Wildman–Crippen LogP) is 1.33. The molecule has 0 unspecified atom stereocenters. The number of carbonyl (C=O) groups is 1. The van der Waals surface area contributed by atoms with E-state index in [1.807, 2.05) is 30.3 Å². The van der Waals surface area contributed by atoms with Gasteiger partial charge >= 0.3 is 0 Å². The van der Waals surface area contributed by atoms with Crippen molar-refractivity contribution in [3.05, 3.63) is 66.0 Å². The Morgan fingerprint density at radius 2 is 1.67 bits per heavy atom. The molecule has 1 aliphatic heterocycles. The minimum atomic E-state index is -0.137. The molecule has 0 aliphatic carbocycles. The molecule has 27 heavy (non-hydrogen) atoms. The lowest BCUT2D eigenvalue weighted by molar-refractivity contribution is 0.0621. The maximum Gasteiger partial charge on any atom is 0.257 e. The van der Waals surface area contributed by atoms with Crippen molar-refractivity contribution in [2.75, 3.05) is 26.2 Å². The number of piperazine rings is 1. The zero-order chi connectivity index (χ0) is 18.6. The smallest absolute Gasteiger partial charge is 0.257 e. The van der Waals surface area contributed by atoms with Gasteiger partial charge in [0.25, 0.3) is 5.91 Å². The van der Waals surface area contributed by atoms with E-state index in [-0.39, 0.29) is 11.7 Å². The molecule has 0 saturated carbocycles. The molecule has 8 heteroatoms. The Hall–Kier alpha value is -3.26. The quantitative estimate of drug-likeness (QED) is 0.751. The van der Waals surface area contributed by atoms with Crippen molar-refractivity contribution in [2.24, 2.45) is 0 Å². The first-order valence-corrected chi connectivity index (χ1v) is 8.84. The zero-order valence-corrected chi connectivity index (χ0v) is 14.8. The summed E-state index contributed by atoms with van der Waals surface area (Å²) in [6.07, 6.45) is 0. The monoisotopic (exact) mass is 364 g/mol. The fourth-order valence-corrected chi connectivity index (χ4v) is 3.21. The van der Waals surface area contributed by atoms with E-state index in [9.17, 15) is 9.90 Å². The van der Waals surface area contributed by atoms with Gasteiger partial charge in [0.1, 0.15) is 5.75 Å². The third-order valence-electron chi connectivity index (χ3n) is 4.69. The number of rotatable bonds is 4. The number of phenols is 1. The number of nitrogens with zero attached hydrogens (tertiary/aromatic N) is 6. The van der Waals surface area contributed by atoms with Gasteiger partial charge in [-0.3, -0.25) is 9.69 Å². The molecule has 2 heterocycles. The average molecular weight is 364 g/mol. The maximum atomic E-state index is 12.6. The highest BCUT2D eigenvalue weighted by Gasteiger charge is 2.24. The van der Waals surface area contributed by atoms with Crippen molar-refractivity contribution in [1.82, 2.24) is 30.0 Å². The van der Waals surface area contributed by atoms with Crippen molar-refractivity contribution in [2.45, 2.75) is 6.54 Å². The lowest BCUT2D eigenvalue weighted by Gasteiger charge is -2.34. The van der Waals surface area contributed by atoms with Gasteiger partial charge in [-0.15, -0.1) is 5.10 Å². The highest BCUT2D eigenvalue weighted by Crippen LogP contribution is 2.19. The second-order valence-corrected chi connectivity index (χ2v) is 6.43. The van der Waals surface area contributed by atoms with Gasteiger partial charge in [-0.1, -0.05) is 30.3 Å². The lowest BCUT2D eigenvalue weighted by Crippen LogP contribution is -2.48. The summed E-state index contributed by atoms with van der Waals surface area (Å²) in [6, 6.07) is 16.4. The second kappa shape index (κ2) is 7.55. The zero-order valence-electron chi connectivity index (χ0n) is 14.8. The van der Waals surface area contributed by atoms with Crippen LogP contribution in [0.15, 0.2) is 54.6 Å². The number of aromatic nitrogens is 4. The summed E-state index contributed by atoms with van der Waals surface area (Å²) in [7, 11) is 0. The van der Waals surface area contributed by atoms with E-state index in [1.165, 1.54) is 6.07 Å². The second-order valence-electron chi connectivity index (χ2n) is 6.43. The van der Waals surface area contributed by atoms with Crippen LogP contribution >= 0.6 is 0 Å². The van der Waals surface area contributed by atoms with Crippen LogP contribution in [0.3, 0.4) is 0 Å². The van der Waals surface area contributed by atoms with Gasteiger partial charge in [0.05, 0.1) is 17.8 Å². The summed E-state index contributed by atoms with van der Waals surface area (Å²) in [5, 5.41) is 21.9. The van der Waals surface area contributed by atoms with Crippen LogP contribution in [0.5, 0.6) is 5.75 Å². The molecule has 1 amide bonds. The molecule has 1 N–H and O–H groups in total. The van der Waals surface area contributed by atoms with E-state index in [1.54, 1.807) is 27.8 Å². The van der Waals surface area contributed by atoms with E-state index >= 15 is 0 Å². The third-order valence-corrected chi connectivity index (χ3v) is 4.69. The number of tetrazole rings is 1. The van der Waals surface area contributed by atoms with E-state index in [0.29, 0.717) is 25.2 Å². The molecule has 1 fully saturated rings. The highest BCUT2D eigenvalue weighted by atomic mass is 16.3. The number of hydrogen-bond acceptors (Lipinski definition) is 6. The van der Waals surface area contributed by atoms with Crippen LogP contribution in [0.4, 0.5) is 0 Å². The Labute approximate surface area is 156 Å². The summed E-state index contributed by atoms with van der Waals surface area (Å²) < 4.78 is 1.74. The highest BCUT2D eigenvalue weighted by molar-refractivity contribution is 5.96. The number of benzene rings is 2. The van der Waals surface area contributed by atoms with Crippen LogP contribution in [-0.4, -0.2) is 67.2 Å². The number of phenolic OH excluding ortho intramolecular Hbond substituents is 1. The van der Waals surface area contributed by atoms with Crippen LogP contribution in [0.2, 0.25) is 0 Å². The van der Waals surface area contributed by atoms with E-state index in [0.717, 1.165) is 24.6 Å². The molecule has 3 aromatic rings. The first kappa shape index (κ1) is 17.2. The Balaban J connectivity index is 1.39.